The summed E-state index contributed by atoms with van der Waals surface area (Å²) in [5.41, 5.74) is -0.164. The number of nitrogens with zero attached hydrogens (tertiary/aromatic N) is 3. The minimum atomic E-state index is -0.798. The Morgan fingerprint density at radius 2 is 2.33 bits per heavy atom. The molecule has 8 heteroatoms. The van der Waals surface area contributed by atoms with Crippen molar-refractivity contribution in [1.29, 1.82) is 0 Å². The largest absolute Gasteiger partial charge is 0.508 e. The van der Waals surface area contributed by atoms with Gasteiger partial charge in [-0.1, -0.05) is 5.21 Å². The summed E-state index contributed by atoms with van der Waals surface area (Å²) in [6, 6.07) is 2.79. The Bertz CT molecular complexity index is 557. The summed E-state index contributed by atoms with van der Waals surface area (Å²) in [6.45, 7) is 1.64. The normalized spacial score (nSPS) is 12.1. The standard InChI is InChI=1S/C10H10FN5O2/c1-5(9-13-15-16-14-9)12-10(18)7-3-2-6(17)4-8(7)11/h2-5,17H,1H3,(H,12,18)(H,13,14,15,16). The van der Waals surface area contributed by atoms with Crippen molar-refractivity contribution in [2.24, 2.45) is 0 Å². The highest BCUT2D eigenvalue weighted by atomic mass is 19.1. The molecule has 1 heterocycles. The maximum Gasteiger partial charge on any atom is 0.254 e. The van der Waals surface area contributed by atoms with E-state index in [2.05, 4.69) is 25.9 Å². The predicted molar refractivity (Wildman–Crippen MR) is 58.1 cm³/mol. The summed E-state index contributed by atoms with van der Waals surface area (Å²) in [5, 5.41) is 24.6. The molecule has 0 fully saturated rings. The predicted octanol–water partition coefficient (Wildman–Crippen LogP) is 0.535. The molecule has 2 aromatic rings. The first-order valence-corrected chi connectivity index (χ1v) is 5.10. The highest BCUT2D eigenvalue weighted by Crippen LogP contribution is 2.16. The molecule has 94 valence electrons. The Kier molecular flexibility index (Phi) is 3.18. The van der Waals surface area contributed by atoms with E-state index in [0.29, 0.717) is 5.82 Å². The van der Waals surface area contributed by atoms with Crippen LogP contribution in [0.5, 0.6) is 5.75 Å². The lowest BCUT2D eigenvalue weighted by molar-refractivity contribution is 0.0934. The zero-order valence-electron chi connectivity index (χ0n) is 9.38. The Hall–Kier alpha value is -2.51. The molecule has 0 aliphatic rings. The third-order valence-corrected chi connectivity index (χ3v) is 2.29. The van der Waals surface area contributed by atoms with Gasteiger partial charge in [0, 0.05) is 6.07 Å². The highest BCUT2D eigenvalue weighted by Gasteiger charge is 2.17. The van der Waals surface area contributed by atoms with Crippen LogP contribution in [-0.2, 0) is 0 Å². The Morgan fingerprint density at radius 1 is 1.56 bits per heavy atom. The van der Waals surface area contributed by atoms with Crippen LogP contribution >= 0.6 is 0 Å². The zero-order chi connectivity index (χ0) is 13.1. The molecule has 0 aliphatic heterocycles. The van der Waals surface area contributed by atoms with Gasteiger partial charge in [0.25, 0.3) is 5.91 Å². The fourth-order valence-corrected chi connectivity index (χ4v) is 1.38. The quantitative estimate of drug-likeness (QED) is 0.738. The molecule has 0 bridgehead atoms. The van der Waals surface area contributed by atoms with E-state index >= 15 is 0 Å². The van der Waals surface area contributed by atoms with Crippen molar-refractivity contribution in [2.45, 2.75) is 13.0 Å². The SMILES string of the molecule is CC(NC(=O)c1ccc(O)cc1F)c1nn[nH]n1. The van der Waals surface area contributed by atoms with Gasteiger partial charge in [0.15, 0.2) is 5.82 Å². The van der Waals surface area contributed by atoms with Crippen LogP contribution in [0, 0.1) is 5.82 Å². The molecule has 7 nitrogen and oxygen atoms in total. The molecule has 18 heavy (non-hydrogen) atoms. The first-order chi connectivity index (χ1) is 8.58. The monoisotopic (exact) mass is 251 g/mol. The molecule has 1 aromatic heterocycles. The molecule has 2 rings (SSSR count). The van der Waals surface area contributed by atoms with Crippen molar-refractivity contribution >= 4 is 5.91 Å². The Morgan fingerprint density at radius 3 is 2.94 bits per heavy atom. The average Bonchev–Trinajstić information content (AvgIpc) is 2.81. The molecule has 1 atom stereocenters. The minimum Gasteiger partial charge on any atom is -0.508 e. The molecule has 0 saturated carbocycles. The van der Waals surface area contributed by atoms with E-state index in [1.165, 1.54) is 12.1 Å². The lowest BCUT2D eigenvalue weighted by Crippen LogP contribution is -2.28. The lowest BCUT2D eigenvalue weighted by Gasteiger charge is -2.10. The summed E-state index contributed by atoms with van der Waals surface area (Å²) in [7, 11) is 0. The number of amides is 1. The van der Waals surface area contributed by atoms with Gasteiger partial charge in [0.2, 0.25) is 0 Å². The van der Waals surface area contributed by atoms with E-state index in [9.17, 15) is 9.18 Å². The summed E-state index contributed by atoms with van der Waals surface area (Å²) in [6.07, 6.45) is 0. The van der Waals surface area contributed by atoms with Gasteiger partial charge in [0.05, 0.1) is 11.6 Å². The van der Waals surface area contributed by atoms with E-state index in [0.717, 1.165) is 6.07 Å². The third-order valence-electron chi connectivity index (χ3n) is 2.29. The number of aromatic amines is 1. The number of rotatable bonds is 3. The first kappa shape index (κ1) is 12.0. The smallest absolute Gasteiger partial charge is 0.254 e. The molecular weight excluding hydrogens is 241 g/mol. The van der Waals surface area contributed by atoms with E-state index < -0.39 is 17.8 Å². The van der Waals surface area contributed by atoms with E-state index in [4.69, 9.17) is 5.11 Å². The number of aromatic hydroxyl groups is 1. The molecule has 0 spiro atoms. The highest BCUT2D eigenvalue weighted by molar-refractivity contribution is 5.94. The van der Waals surface area contributed by atoms with Crippen molar-refractivity contribution in [3.8, 4) is 5.75 Å². The first-order valence-electron chi connectivity index (χ1n) is 5.10. The van der Waals surface area contributed by atoms with Gasteiger partial charge in [-0.2, -0.15) is 5.21 Å². The van der Waals surface area contributed by atoms with Gasteiger partial charge >= 0.3 is 0 Å². The van der Waals surface area contributed by atoms with Crippen molar-refractivity contribution in [2.75, 3.05) is 0 Å². The number of phenols is 1. The molecule has 0 saturated heterocycles. The van der Waals surface area contributed by atoms with Crippen LogP contribution in [0.3, 0.4) is 0 Å². The summed E-state index contributed by atoms with van der Waals surface area (Å²) in [5.74, 6) is -1.37. The van der Waals surface area contributed by atoms with Crippen LogP contribution in [0.25, 0.3) is 0 Å². The molecule has 0 aliphatic carbocycles. The molecule has 1 aromatic carbocycles. The van der Waals surface area contributed by atoms with Gasteiger partial charge < -0.3 is 10.4 Å². The average molecular weight is 251 g/mol. The van der Waals surface area contributed by atoms with Crippen LogP contribution in [0.15, 0.2) is 18.2 Å². The van der Waals surface area contributed by atoms with Gasteiger partial charge in [-0.05, 0) is 19.1 Å². The fraction of sp³-hybridized carbons (Fsp3) is 0.200. The summed E-state index contributed by atoms with van der Waals surface area (Å²) < 4.78 is 13.4. The van der Waals surface area contributed by atoms with Gasteiger partial charge in [-0.3, -0.25) is 4.79 Å². The van der Waals surface area contributed by atoms with Crippen LogP contribution in [0.4, 0.5) is 4.39 Å². The number of carbonyl (C=O) groups is 1. The maximum atomic E-state index is 13.4. The Labute approximate surface area is 101 Å². The van der Waals surface area contributed by atoms with Crippen LogP contribution in [-0.4, -0.2) is 31.6 Å². The second kappa shape index (κ2) is 4.78. The van der Waals surface area contributed by atoms with E-state index in [1.807, 2.05) is 0 Å². The minimum absolute atomic E-state index is 0.164. The van der Waals surface area contributed by atoms with Gasteiger partial charge in [0.1, 0.15) is 11.6 Å². The van der Waals surface area contributed by atoms with Gasteiger partial charge in [-0.15, -0.1) is 10.2 Å². The summed E-state index contributed by atoms with van der Waals surface area (Å²) >= 11 is 0. The summed E-state index contributed by atoms with van der Waals surface area (Å²) in [4.78, 5) is 11.8. The molecule has 0 radical (unpaired) electrons. The zero-order valence-corrected chi connectivity index (χ0v) is 9.38. The van der Waals surface area contributed by atoms with Crippen molar-refractivity contribution in [3.63, 3.8) is 0 Å². The lowest BCUT2D eigenvalue weighted by atomic mass is 10.1. The van der Waals surface area contributed by atoms with Crippen molar-refractivity contribution < 1.29 is 14.3 Å². The van der Waals surface area contributed by atoms with Crippen LogP contribution in [0.2, 0.25) is 0 Å². The third kappa shape index (κ3) is 2.42. The number of hydrogen-bond donors (Lipinski definition) is 3. The van der Waals surface area contributed by atoms with Crippen LogP contribution in [0.1, 0.15) is 29.1 Å². The maximum absolute atomic E-state index is 13.4. The second-order valence-corrected chi connectivity index (χ2v) is 3.63. The van der Waals surface area contributed by atoms with Gasteiger partial charge in [-0.25, -0.2) is 4.39 Å². The Balaban J connectivity index is 2.12. The molecule has 1 amide bonds. The number of phenolic OH excluding ortho intramolecular Hbond substituents is 1. The van der Waals surface area contributed by atoms with E-state index in [-0.39, 0.29) is 11.3 Å². The number of tetrazole rings is 1. The molecule has 1 unspecified atom stereocenters. The fourth-order valence-electron chi connectivity index (χ4n) is 1.38. The number of halogens is 1. The van der Waals surface area contributed by atoms with Crippen LogP contribution < -0.4 is 5.32 Å². The van der Waals surface area contributed by atoms with Crippen molar-refractivity contribution in [3.05, 3.63) is 35.4 Å². The number of nitrogens with one attached hydrogen (secondary N) is 2. The number of benzene rings is 1. The number of aromatic nitrogens is 4. The molecule has 3 N–H and O–H groups in total. The topological polar surface area (TPSA) is 104 Å². The molecular formula is C10H10FN5O2. The number of carbonyl (C=O) groups excluding carboxylic acids is 1. The van der Waals surface area contributed by atoms with Crippen molar-refractivity contribution in [1.82, 2.24) is 25.9 Å². The number of H-pyrrole nitrogens is 1. The number of hydrogen-bond acceptors (Lipinski definition) is 5. The second-order valence-electron chi connectivity index (χ2n) is 3.63. The van der Waals surface area contributed by atoms with E-state index in [1.54, 1.807) is 6.92 Å².